The van der Waals surface area contributed by atoms with Gasteiger partial charge in [0.05, 0.1) is 18.4 Å². The van der Waals surface area contributed by atoms with Gasteiger partial charge in [0.15, 0.2) is 0 Å². The summed E-state index contributed by atoms with van der Waals surface area (Å²) in [7, 11) is 0. The van der Waals surface area contributed by atoms with Crippen LogP contribution in [-0.4, -0.2) is 17.6 Å². The number of oxazole rings is 1. The van der Waals surface area contributed by atoms with E-state index in [0.717, 1.165) is 5.57 Å². The first-order chi connectivity index (χ1) is 7.81. The van der Waals surface area contributed by atoms with E-state index in [-0.39, 0.29) is 5.76 Å². The third-order valence-electron chi connectivity index (χ3n) is 1.89. The molecule has 0 fully saturated rings. The van der Waals surface area contributed by atoms with Crippen molar-refractivity contribution in [1.29, 1.82) is 0 Å². The molecule has 0 saturated carbocycles. The lowest BCUT2D eigenvalue weighted by Gasteiger charge is -2.06. The number of hydrogen-bond donors (Lipinski definition) is 2. The van der Waals surface area contributed by atoms with Crippen LogP contribution in [0.1, 0.15) is 23.4 Å². The predicted molar refractivity (Wildman–Crippen MR) is 55.8 cm³/mol. The summed E-state index contributed by atoms with van der Waals surface area (Å²) in [4.78, 5) is 15.3. The number of hydrogen-bond acceptors (Lipinski definition) is 6. The Morgan fingerprint density at radius 2 is 2.44 bits per heavy atom. The van der Waals surface area contributed by atoms with Gasteiger partial charge >= 0.3 is 5.97 Å². The fourth-order valence-corrected chi connectivity index (χ4v) is 1.18. The van der Waals surface area contributed by atoms with Crippen LogP contribution in [0.15, 0.2) is 29.1 Å². The van der Waals surface area contributed by atoms with Crippen LogP contribution in [0.5, 0.6) is 0 Å². The highest BCUT2D eigenvalue weighted by molar-refractivity contribution is 5.86. The van der Waals surface area contributed by atoms with E-state index >= 15 is 0 Å². The molecule has 0 aromatic carbocycles. The second kappa shape index (κ2) is 4.52. The molecule has 0 atom stereocenters. The first-order valence-electron chi connectivity index (χ1n) is 4.82. The second-order valence-electron chi connectivity index (χ2n) is 2.97. The lowest BCUT2D eigenvalue weighted by molar-refractivity contribution is 0.0489. The minimum absolute atomic E-state index is 0.102. The van der Waals surface area contributed by atoms with Crippen LogP contribution in [0.2, 0.25) is 0 Å². The number of nitrogens with zero attached hydrogens (tertiary/aromatic N) is 1. The molecule has 0 bridgehead atoms. The van der Waals surface area contributed by atoms with Crippen molar-refractivity contribution in [3.8, 4) is 0 Å². The molecule has 1 aliphatic rings. The fourth-order valence-electron chi connectivity index (χ4n) is 1.18. The lowest BCUT2D eigenvalue weighted by Crippen LogP contribution is -2.23. The summed E-state index contributed by atoms with van der Waals surface area (Å²) in [6.07, 6.45) is 6.51. The smallest absolute Gasteiger partial charge is 0.375 e. The van der Waals surface area contributed by atoms with Gasteiger partial charge in [-0.05, 0) is 13.0 Å². The minimum atomic E-state index is -0.507. The Kier molecular flexibility index (Phi) is 2.90. The van der Waals surface area contributed by atoms with Crippen molar-refractivity contribution in [3.05, 3.63) is 36.3 Å². The molecule has 6 nitrogen and oxygen atoms in total. The molecule has 84 valence electrons. The van der Waals surface area contributed by atoms with Crippen molar-refractivity contribution in [3.63, 3.8) is 0 Å². The fraction of sp³-hybridized carbons (Fsp3) is 0.200. The Hall–Kier alpha value is -2.24. The number of ether oxygens (including phenoxy) is 1. The average molecular weight is 221 g/mol. The summed E-state index contributed by atoms with van der Waals surface area (Å²) in [6, 6.07) is 0. The molecule has 0 unspecified atom stereocenters. The summed E-state index contributed by atoms with van der Waals surface area (Å²) in [5.74, 6) is -0.0364. The molecular formula is C10H11N3O3. The van der Waals surface area contributed by atoms with Crippen LogP contribution in [-0.2, 0) is 4.74 Å². The molecule has 16 heavy (non-hydrogen) atoms. The standard InChI is InChI=1S/C10H11N3O3/c1-2-15-10(14)8-6-11-9(16-8)7-3-4-12-13-5-7/h3-6,12-13H,2H2,1H3. The molecule has 0 saturated heterocycles. The van der Waals surface area contributed by atoms with E-state index in [1.54, 1.807) is 25.4 Å². The SMILES string of the molecule is CCOC(=O)c1cnc(C2=CNNC=C2)o1. The van der Waals surface area contributed by atoms with Crippen LogP contribution in [0, 0.1) is 0 Å². The van der Waals surface area contributed by atoms with E-state index in [4.69, 9.17) is 9.15 Å². The molecule has 2 N–H and O–H groups in total. The van der Waals surface area contributed by atoms with Crippen molar-refractivity contribution in [2.75, 3.05) is 6.61 Å². The molecule has 6 heteroatoms. The van der Waals surface area contributed by atoms with Gasteiger partial charge in [-0.3, -0.25) is 0 Å². The van der Waals surface area contributed by atoms with Crippen molar-refractivity contribution in [2.24, 2.45) is 0 Å². The molecule has 0 radical (unpaired) electrons. The third kappa shape index (κ3) is 2.05. The molecule has 0 amide bonds. The molecular weight excluding hydrogens is 210 g/mol. The van der Waals surface area contributed by atoms with Crippen LogP contribution >= 0.6 is 0 Å². The zero-order valence-electron chi connectivity index (χ0n) is 8.69. The number of allylic oxidation sites excluding steroid dienone is 2. The Bertz CT molecular complexity index is 448. The highest BCUT2D eigenvalue weighted by atomic mass is 16.5. The highest BCUT2D eigenvalue weighted by Gasteiger charge is 2.15. The quantitative estimate of drug-likeness (QED) is 0.736. The molecule has 1 aromatic rings. The van der Waals surface area contributed by atoms with Gasteiger partial charge in [-0.1, -0.05) is 0 Å². The van der Waals surface area contributed by atoms with E-state index in [9.17, 15) is 4.79 Å². The van der Waals surface area contributed by atoms with Gasteiger partial charge in [0, 0.05) is 12.4 Å². The maximum Gasteiger partial charge on any atom is 0.375 e. The van der Waals surface area contributed by atoms with Gasteiger partial charge in [0.25, 0.3) is 0 Å². The van der Waals surface area contributed by atoms with Crippen LogP contribution in [0.3, 0.4) is 0 Å². The van der Waals surface area contributed by atoms with Gasteiger partial charge in [-0.15, -0.1) is 0 Å². The van der Waals surface area contributed by atoms with Gasteiger partial charge < -0.3 is 20.0 Å². The van der Waals surface area contributed by atoms with E-state index in [1.165, 1.54) is 6.20 Å². The first kappa shape index (κ1) is 10.3. The number of rotatable bonds is 3. The second-order valence-corrected chi connectivity index (χ2v) is 2.97. The normalized spacial score (nSPS) is 13.7. The molecule has 2 rings (SSSR count). The number of carbonyl (C=O) groups is 1. The summed E-state index contributed by atoms with van der Waals surface area (Å²) in [6.45, 7) is 2.04. The first-order valence-corrected chi connectivity index (χ1v) is 4.82. The molecule has 0 spiro atoms. The van der Waals surface area contributed by atoms with Crippen molar-refractivity contribution in [1.82, 2.24) is 15.8 Å². The van der Waals surface area contributed by atoms with Crippen molar-refractivity contribution < 1.29 is 13.9 Å². The largest absolute Gasteiger partial charge is 0.460 e. The Morgan fingerprint density at radius 3 is 3.12 bits per heavy atom. The molecule has 0 aliphatic carbocycles. The number of carbonyl (C=O) groups excluding carboxylic acids is 1. The van der Waals surface area contributed by atoms with Crippen molar-refractivity contribution in [2.45, 2.75) is 6.92 Å². The third-order valence-corrected chi connectivity index (χ3v) is 1.89. The molecule has 1 aromatic heterocycles. The Labute approximate surface area is 92.0 Å². The minimum Gasteiger partial charge on any atom is -0.460 e. The maximum absolute atomic E-state index is 11.3. The molecule has 1 aliphatic heterocycles. The summed E-state index contributed by atoms with van der Waals surface area (Å²) < 4.78 is 10.1. The van der Waals surface area contributed by atoms with E-state index < -0.39 is 5.97 Å². The number of esters is 1. The Morgan fingerprint density at radius 1 is 1.56 bits per heavy atom. The van der Waals surface area contributed by atoms with E-state index in [2.05, 4.69) is 15.8 Å². The highest BCUT2D eigenvalue weighted by Crippen LogP contribution is 2.16. The predicted octanol–water partition coefficient (Wildman–Crippen LogP) is 0.814. The summed E-state index contributed by atoms with van der Waals surface area (Å²) >= 11 is 0. The zero-order valence-corrected chi connectivity index (χ0v) is 8.69. The van der Waals surface area contributed by atoms with E-state index in [1.807, 2.05) is 0 Å². The maximum atomic E-state index is 11.3. The number of aromatic nitrogens is 1. The zero-order chi connectivity index (χ0) is 11.4. The molecule has 2 heterocycles. The van der Waals surface area contributed by atoms with Gasteiger partial charge in [-0.25, -0.2) is 9.78 Å². The lowest BCUT2D eigenvalue weighted by atomic mass is 10.3. The Balaban J connectivity index is 2.16. The number of nitrogens with one attached hydrogen (secondary N) is 2. The van der Waals surface area contributed by atoms with E-state index in [0.29, 0.717) is 12.5 Å². The summed E-state index contributed by atoms with van der Waals surface area (Å²) in [5.41, 5.74) is 6.29. The van der Waals surface area contributed by atoms with Crippen molar-refractivity contribution >= 4 is 11.5 Å². The monoisotopic (exact) mass is 221 g/mol. The summed E-state index contributed by atoms with van der Waals surface area (Å²) in [5, 5.41) is 0. The van der Waals surface area contributed by atoms with Gasteiger partial charge in [0.2, 0.25) is 11.7 Å². The van der Waals surface area contributed by atoms with Gasteiger partial charge in [-0.2, -0.15) is 0 Å². The van der Waals surface area contributed by atoms with Gasteiger partial charge in [0.1, 0.15) is 0 Å². The van der Waals surface area contributed by atoms with Crippen LogP contribution < -0.4 is 10.9 Å². The van der Waals surface area contributed by atoms with Crippen LogP contribution in [0.4, 0.5) is 0 Å². The average Bonchev–Trinajstić information content (AvgIpc) is 2.80. The number of hydrazine groups is 1. The van der Waals surface area contributed by atoms with Crippen LogP contribution in [0.25, 0.3) is 5.57 Å². The topological polar surface area (TPSA) is 76.4 Å².